The number of fused-ring (bicyclic) bond motifs is 1. The molecule has 2 aliphatic rings. The number of rotatable bonds is 2. The minimum absolute atomic E-state index is 0.0521. The zero-order chi connectivity index (χ0) is 13.5. The summed E-state index contributed by atoms with van der Waals surface area (Å²) in [6.45, 7) is 0.604. The van der Waals surface area contributed by atoms with Crippen molar-refractivity contribution < 1.29 is 23.8 Å². The van der Waals surface area contributed by atoms with Crippen LogP contribution in [0.1, 0.15) is 31.2 Å². The molecule has 4 nitrogen and oxygen atoms in total. The fourth-order valence-electron chi connectivity index (χ4n) is 3.06. The van der Waals surface area contributed by atoms with Gasteiger partial charge in [-0.1, -0.05) is 18.9 Å². The highest BCUT2D eigenvalue weighted by Gasteiger charge is 2.46. The molecule has 0 radical (unpaired) electrons. The van der Waals surface area contributed by atoms with Gasteiger partial charge in [-0.2, -0.15) is 0 Å². The highest BCUT2D eigenvalue weighted by Crippen LogP contribution is 2.49. The maximum Gasteiger partial charge on any atom is 0.314 e. The molecule has 0 unspecified atom stereocenters. The Labute approximate surface area is 110 Å². The molecule has 0 bridgehead atoms. The molecule has 5 heteroatoms. The van der Waals surface area contributed by atoms with Gasteiger partial charge in [0, 0.05) is 5.56 Å². The van der Waals surface area contributed by atoms with Crippen LogP contribution < -0.4 is 9.47 Å². The summed E-state index contributed by atoms with van der Waals surface area (Å²) in [4.78, 5) is 11.7. The van der Waals surface area contributed by atoms with Gasteiger partial charge in [0.1, 0.15) is 13.2 Å². The number of carboxylic acids is 1. The predicted molar refractivity (Wildman–Crippen MR) is 65.2 cm³/mol. The molecule has 1 fully saturated rings. The van der Waals surface area contributed by atoms with E-state index >= 15 is 0 Å². The van der Waals surface area contributed by atoms with Crippen LogP contribution in [0.2, 0.25) is 0 Å². The minimum Gasteiger partial charge on any atom is -0.486 e. The molecule has 0 aromatic heterocycles. The molecule has 0 spiro atoms. The number of benzene rings is 1. The Morgan fingerprint density at radius 2 is 1.79 bits per heavy atom. The number of ether oxygens (including phenoxy) is 2. The van der Waals surface area contributed by atoms with Gasteiger partial charge in [-0.05, 0) is 18.9 Å². The topological polar surface area (TPSA) is 55.8 Å². The molecule has 1 saturated carbocycles. The van der Waals surface area contributed by atoms with E-state index < -0.39 is 17.2 Å². The Bertz CT molecular complexity index is 520. The number of carbonyl (C=O) groups is 1. The smallest absolute Gasteiger partial charge is 0.314 e. The molecular weight excluding hydrogens is 251 g/mol. The summed E-state index contributed by atoms with van der Waals surface area (Å²) in [7, 11) is 0. The lowest BCUT2D eigenvalue weighted by atomic mass is 9.78. The third kappa shape index (κ3) is 1.76. The van der Waals surface area contributed by atoms with Gasteiger partial charge in [-0.15, -0.1) is 0 Å². The van der Waals surface area contributed by atoms with Crippen LogP contribution in [-0.2, 0) is 10.2 Å². The fourth-order valence-corrected chi connectivity index (χ4v) is 3.06. The van der Waals surface area contributed by atoms with Gasteiger partial charge < -0.3 is 14.6 Å². The number of hydrogen-bond donors (Lipinski definition) is 1. The van der Waals surface area contributed by atoms with E-state index in [1.165, 1.54) is 12.1 Å². The first-order valence-electron chi connectivity index (χ1n) is 6.47. The molecule has 1 heterocycles. The first-order chi connectivity index (χ1) is 9.15. The minimum atomic E-state index is -0.960. The van der Waals surface area contributed by atoms with E-state index in [1.807, 2.05) is 0 Å². The Morgan fingerprint density at radius 1 is 1.16 bits per heavy atom. The average Bonchev–Trinajstić information content (AvgIpc) is 2.90. The Kier molecular flexibility index (Phi) is 2.84. The molecule has 19 heavy (non-hydrogen) atoms. The summed E-state index contributed by atoms with van der Waals surface area (Å²) >= 11 is 0. The Balaban J connectivity index is 2.17. The number of hydrogen-bond acceptors (Lipinski definition) is 3. The zero-order valence-corrected chi connectivity index (χ0v) is 10.4. The zero-order valence-electron chi connectivity index (χ0n) is 10.4. The molecule has 0 amide bonds. The van der Waals surface area contributed by atoms with E-state index in [9.17, 15) is 14.3 Å². The molecule has 1 aliphatic carbocycles. The van der Waals surface area contributed by atoms with Crippen LogP contribution in [-0.4, -0.2) is 24.3 Å². The highest BCUT2D eigenvalue weighted by atomic mass is 19.1. The van der Waals surface area contributed by atoms with Crippen molar-refractivity contribution in [1.29, 1.82) is 0 Å². The van der Waals surface area contributed by atoms with Gasteiger partial charge in [0.25, 0.3) is 0 Å². The van der Waals surface area contributed by atoms with E-state index in [-0.39, 0.29) is 18.1 Å². The summed E-state index contributed by atoms with van der Waals surface area (Å²) in [6, 6.07) is 2.80. The van der Waals surface area contributed by atoms with Crippen molar-refractivity contribution in [3.05, 3.63) is 23.5 Å². The van der Waals surface area contributed by atoms with Crippen molar-refractivity contribution in [3.63, 3.8) is 0 Å². The summed E-state index contributed by atoms with van der Waals surface area (Å²) in [5.41, 5.74) is -0.410. The number of halogens is 1. The lowest BCUT2D eigenvalue weighted by Gasteiger charge is -2.29. The van der Waals surface area contributed by atoms with Crippen molar-refractivity contribution >= 4 is 5.97 Å². The molecule has 3 rings (SSSR count). The monoisotopic (exact) mass is 266 g/mol. The molecule has 1 N–H and O–H groups in total. The van der Waals surface area contributed by atoms with Crippen molar-refractivity contribution in [2.75, 3.05) is 13.2 Å². The van der Waals surface area contributed by atoms with E-state index in [0.29, 0.717) is 25.0 Å². The van der Waals surface area contributed by atoms with Gasteiger partial charge in [0.2, 0.25) is 0 Å². The highest BCUT2D eigenvalue weighted by molar-refractivity contribution is 5.83. The molecule has 102 valence electrons. The lowest BCUT2D eigenvalue weighted by Crippen LogP contribution is -2.34. The van der Waals surface area contributed by atoms with E-state index in [2.05, 4.69) is 0 Å². The van der Waals surface area contributed by atoms with Gasteiger partial charge in [0.05, 0.1) is 5.41 Å². The fraction of sp³-hybridized carbons (Fsp3) is 0.500. The standard InChI is InChI=1S/C14H15FO4/c15-10-4-3-9(11-12(10)19-8-7-18-11)14(13(16)17)5-1-2-6-14/h3-4H,1-2,5-8H2,(H,16,17). The van der Waals surface area contributed by atoms with Crippen LogP contribution in [0.25, 0.3) is 0 Å². The molecule has 1 aliphatic heterocycles. The van der Waals surface area contributed by atoms with Gasteiger partial charge in [-0.25, -0.2) is 4.39 Å². The van der Waals surface area contributed by atoms with Crippen molar-refractivity contribution in [1.82, 2.24) is 0 Å². The van der Waals surface area contributed by atoms with Crippen LogP contribution in [0, 0.1) is 5.82 Å². The number of carboxylic acid groups (broad SMARTS) is 1. The van der Waals surface area contributed by atoms with Crippen molar-refractivity contribution in [3.8, 4) is 11.5 Å². The second-order valence-electron chi connectivity index (χ2n) is 5.04. The third-order valence-corrected chi connectivity index (χ3v) is 4.02. The summed E-state index contributed by atoms with van der Waals surface area (Å²) in [6.07, 6.45) is 2.84. The Hall–Kier alpha value is -1.78. The van der Waals surface area contributed by atoms with Crippen LogP contribution in [0.3, 0.4) is 0 Å². The van der Waals surface area contributed by atoms with E-state index in [1.54, 1.807) is 0 Å². The maximum atomic E-state index is 13.7. The van der Waals surface area contributed by atoms with Crippen molar-refractivity contribution in [2.45, 2.75) is 31.1 Å². The molecule has 0 atom stereocenters. The van der Waals surface area contributed by atoms with E-state index in [4.69, 9.17) is 9.47 Å². The van der Waals surface area contributed by atoms with Crippen LogP contribution >= 0.6 is 0 Å². The summed E-state index contributed by atoms with van der Waals surface area (Å²) in [5, 5.41) is 9.60. The first-order valence-corrected chi connectivity index (χ1v) is 6.47. The normalized spacial score (nSPS) is 20.3. The van der Waals surface area contributed by atoms with Crippen molar-refractivity contribution in [2.24, 2.45) is 0 Å². The summed E-state index contributed by atoms with van der Waals surface area (Å²) < 4.78 is 24.5. The second kappa shape index (κ2) is 4.40. The SMILES string of the molecule is O=C(O)C1(c2ccc(F)c3c2OCCO3)CCCC1. The van der Waals surface area contributed by atoms with Gasteiger partial charge in [0.15, 0.2) is 17.3 Å². The third-order valence-electron chi connectivity index (χ3n) is 4.02. The van der Waals surface area contributed by atoms with E-state index in [0.717, 1.165) is 12.8 Å². The van der Waals surface area contributed by atoms with Gasteiger partial charge >= 0.3 is 5.97 Å². The van der Waals surface area contributed by atoms with Crippen LogP contribution in [0.4, 0.5) is 4.39 Å². The number of aliphatic carboxylic acids is 1. The van der Waals surface area contributed by atoms with Crippen LogP contribution in [0.15, 0.2) is 12.1 Å². The molecule has 0 saturated heterocycles. The first kappa shape index (κ1) is 12.3. The molecule has 1 aromatic carbocycles. The quantitative estimate of drug-likeness (QED) is 0.893. The second-order valence-corrected chi connectivity index (χ2v) is 5.04. The Morgan fingerprint density at radius 3 is 2.42 bits per heavy atom. The van der Waals surface area contributed by atoms with Crippen LogP contribution in [0.5, 0.6) is 11.5 Å². The summed E-state index contributed by atoms with van der Waals surface area (Å²) in [5.74, 6) is -1.04. The average molecular weight is 266 g/mol. The molecule has 1 aromatic rings. The molecular formula is C14H15FO4. The maximum absolute atomic E-state index is 13.7. The lowest BCUT2D eigenvalue weighted by molar-refractivity contribution is -0.143. The largest absolute Gasteiger partial charge is 0.486 e. The van der Waals surface area contributed by atoms with Gasteiger partial charge in [-0.3, -0.25) is 4.79 Å². The predicted octanol–water partition coefficient (Wildman–Crippen LogP) is 2.49.